The summed E-state index contributed by atoms with van der Waals surface area (Å²) in [5.74, 6) is 1.75. The molecular weight excluding hydrogens is 344 g/mol. The van der Waals surface area contributed by atoms with E-state index >= 15 is 0 Å². The fourth-order valence-corrected chi connectivity index (χ4v) is 3.25. The molecule has 2 aromatic heterocycles. The number of imidazole rings is 2. The Hall–Kier alpha value is -3.92. The van der Waals surface area contributed by atoms with Crippen molar-refractivity contribution in [2.75, 3.05) is 0 Å². The molecule has 0 aliphatic heterocycles. The summed E-state index contributed by atoms with van der Waals surface area (Å²) in [6.45, 7) is 0. The first kappa shape index (κ1) is 16.3. The van der Waals surface area contributed by atoms with Crippen LogP contribution in [-0.4, -0.2) is 19.9 Å². The van der Waals surface area contributed by atoms with E-state index in [4.69, 9.17) is 0 Å². The van der Waals surface area contributed by atoms with Gasteiger partial charge in [-0.3, -0.25) is 0 Å². The molecule has 2 heterocycles. The predicted octanol–water partition coefficient (Wildman–Crippen LogP) is 5.80. The molecule has 0 aliphatic rings. The van der Waals surface area contributed by atoms with Crippen LogP contribution in [0, 0.1) is 0 Å². The van der Waals surface area contributed by atoms with Gasteiger partial charge in [-0.25, -0.2) is 9.97 Å². The third-order valence-electron chi connectivity index (χ3n) is 4.75. The van der Waals surface area contributed by atoms with Crippen LogP contribution in [0.5, 0.6) is 0 Å². The molecule has 5 rings (SSSR count). The number of hydrogen-bond donors (Lipinski definition) is 2. The molecule has 0 saturated carbocycles. The second-order valence-corrected chi connectivity index (χ2v) is 6.60. The van der Waals surface area contributed by atoms with Crippen LogP contribution in [-0.2, 0) is 0 Å². The van der Waals surface area contributed by atoms with Gasteiger partial charge in [0.25, 0.3) is 0 Å². The number of nitrogens with one attached hydrogen (secondary N) is 2. The summed E-state index contributed by atoms with van der Waals surface area (Å²) >= 11 is 0. The highest BCUT2D eigenvalue weighted by atomic mass is 14.9. The van der Waals surface area contributed by atoms with E-state index in [1.807, 2.05) is 73.1 Å². The zero-order valence-electron chi connectivity index (χ0n) is 15.1. The third kappa shape index (κ3) is 3.12. The van der Waals surface area contributed by atoms with E-state index in [-0.39, 0.29) is 0 Å². The summed E-state index contributed by atoms with van der Waals surface area (Å²) in [4.78, 5) is 15.8. The van der Waals surface area contributed by atoms with Crippen molar-refractivity contribution in [1.29, 1.82) is 0 Å². The molecule has 0 fully saturated rings. The van der Waals surface area contributed by atoms with E-state index in [0.29, 0.717) is 0 Å². The Balaban J connectivity index is 1.40. The average Bonchev–Trinajstić information content (AvgIpc) is 3.46. The maximum absolute atomic E-state index is 4.51. The van der Waals surface area contributed by atoms with Crippen molar-refractivity contribution in [3.05, 3.63) is 97.3 Å². The molecule has 2 N–H and O–H groups in total. The van der Waals surface area contributed by atoms with E-state index < -0.39 is 0 Å². The van der Waals surface area contributed by atoms with Crippen LogP contribution in [0.4, 0.5) is 0 Å². The molecule has 0 atom stereocenters. The van der Waals surface area contributed by atoms with Crippen molar-refractivity contribution < 1.29 is 0 Å². The molecule has 0 bridgehead atoms. The molecular formula is C24H18N4. The van der Waals surface area contributed by atoms with E-state index in [1.54, 1.807) is 0 Å². The topological polar surface area (TPSA) is 57.4 Å². The number of rotatable bonds is 4. The Morgan fingerprint density at radius 3 is 1.21 bits per heavy atom. The highest BCUT2D eigenvalue weighted by Crippen LogP contribution is 2.26. The minimum absolute atomic E-state index is 0.876. The maximum atomic E-state index is 4.51. The lowest BCUT2D eigenvalue weighted by Gasteiger charge is -2.01. The molecule has 134 valence electrons. The number of H-pyrrole nitrogens is 2. The van der Waals surface area contributed by atoms with Crippen molar-refractivity contribution in [2.45, 2.75) is 0 Å². The second kappa shape index (κ2) is 7.00. The lowest BCUT2D eigenvalue weighted by atomic mass is 10.1. The van der Waals surface area contributed by atoms with E-state index in [1.165, 1.54) is 0 Å². The number of hydrogen-bond acceptors (Lipinski definition) is 2. The minimum Gasteiger partial charge on any atom is -0.338 e. The quantitative estimate of drug-likeness (QED) is 0.424. The summed E-state index contributed by atoms with van der Waals surface area (Å²) in [6, 6.07) is 28.7. The summed E-state index contributed by atoms with van der Waals surface area (Å²) in [5, 5.41) is 0. The van der Waals surface area contributed by atoms with Crippen molar-refractivity contribution in [2.24, 2.45) is 0 Å². The van der Waals surface area contributed by atoms with Crippen LogP contribution in [0.1, 0.15) is 0 Å². The largest absolute Gasteiger partial charge is 0.338 e. The molecule has 3 aromatic carbocycles. The molecule has 0 saturated heterocycles. The van der Waals surface area contributed by atoms with Gasteiger partial charge in [0.05, 0.1) is 23.8 Å². The van der Waals surface area contributed by atoms with Crippen molar-refractivity contribution >= 4 is 0 Å². The van der Waals surface area contributed by atoms with Gasteiger partial charge < -0.3 is 9.97 Å². The van der Waals surface area contributed by atoms with E-state index in [2.05, 4.69) is 44.2 Å². The highest BCUT2D eigenvalue weighted by Gasteiger charge is 2.08. The van der Waals surface area contributed by atoms with E-state index in [9.17, 15) is 0 Å². The van der Waals surface area contributed by atoms with Gasteiger partial charge in [-0.1, -0.05) is 84.9 Å². The second-order valence-electron chi connectivity index (χ2n) is 6.60. The molecule has 5 aromatic rings. The van der Waals surface area contributed by atoms with Gasteiger partial charge in [0.15, 0.2) is 0 Å². The molecule has 4 nitrogen and oxygen atoms in total. The first-order chi connectivity index (χ1) is 13.9. The Kier molecular flexibility index (Phi) is 4.07. The maximum Gasteiger partial charge on any atom is 0.137 e. The first-order valence-corrected chi connectivity index (χ1v) is 9.18. The smallest absolute Gasteiger partial charge is 0.137 e. The highest BCUT2D eigenvalue weighted by molar-refractivity contribution is 5.70. The summed E-state index contributed by atoms with van der Waals surface area (Å²) in [5.41, 5.74) is 6.36. The van der Waals surface area contributed by atoms with Gasteiger partial charge in [0, 0.05) is 11.1 Å². The Morgan fingerprint density at radius 1 is 0.429 bits per heavy atom. The fraction of sp³-hybridized carbons (Fsp3) is 0. The van der Waals surface area contributed by atoms with Gasteiger partial charge in [0.2, 0.25) is 0 Å². The zero-order chi connectivity index (χ0) is 18.8. The number of nitrogens with zero attached hydrogens (tertiary/aromatic N) is 2. The monoisotopic (exact) mass is 362 g/mol. The van der Waals surface area contributed by atoms with Gasteiger partial charge in [0.1, 0.15) is 11.6 Å². The normalized spacial score (nSPS) is 10.9. The first-order valence-electron chi connectivity index (χ1n) is 9.18. The lowest BCUT2D eigenvalue weighted by Crippen LogP contribution is -1.83. The third-order valence-corrected chi connectivity index (χ3v) is 4.75. The predicted molar refractivity (Wildman–Crippen MR) is 112 cm³/mol. The standard InChI is InChI=1S/C24H18N4/c1-3-7-19(8-4-1)23-25-15-21(27-23)17-11-13-18(14-12-17)22-16-26-24(28-22)20-9-5-2-6-10-20/h1-16H,(H,25,27)(H,26,28). The van der Waals surface area contributed by atoms with Crippen LogP contribution in [0.2, 0.25) is 0 Å². The van der Waals surface area contributed by atoms with Gasteiger partial charge in [-0.15, -0.1) is 0 Å². The zero-order valence-corrected chi connectivity index (χ0v) is 15.1. The van der Waals surface area contributed by atoms with Crippen LogP contribution < -0.4 is 0 Å². The molecule has 0 spiro atoms. The molecule has 28 heavy (non-hydrogen) atoms. The van der Waals surface area contributed by atoms with Crippen LogP contribution >= 0.6 is 0 Å². The fourth-order valence-electron chi connectivity index (χ4n) is 3.25. The molecule has 0 unspecified atom stereocenters. The van der Waals surface area contributed by atoms with Crippen molar-refractivity contribution in [1.82, 2.24) is 19.9 Å². The molecule has 4 heteroatoms. The number of aromatic nitrogens is 4. The van der Waals surface area contributed by atoms with E-state index in [0.717, 1.165) is 45.3 Å². The summed E-state index contributed by atoms with van der Waals surface area (Å²) in [7, 11) is 0. The van der Waals surface area contributed by atoms with Gasteiger partial charge >= 0.3 is 0 Å². The van der Waals surface area contributed by atoms with Crippen LogP contribution in [0.15, 0.2) is 97.3 Å². The van der Waals surface area contributed by atoms with Crippen LogP contribution in [0.25, 0.3) is 45.3 Å². The van der Waals surface area contributed by atoms with Crippen molar-refractivity contribution in [3.63, 3.8) is 0 Å². The molecule has 0 radical (unpaired) electrons. The van der Waals surface area contributed by atoms with Gasteiger partial charge in [-0.2, -0.15) is 0 Å². The molecule has 0 aliphatic carbocycles. The minimum atomic E-state index is 0.876. The summed E-state index contributed by atoms with van der Waals surface area (Å²) in [6.07, 6.45) is 3.75. The van der Waals surface area contributed by atoms with Crippen LogP contribution in [0.3, 0.4) is 0 Å². The van der Waals surface area contributed by atoms with Crippen molar-refractivity contribution in [3.8, 4) is 45.3 Å². The SMILES string of the molecule is c1ccc(-c2ncc(-c3ccc(-c4cnc(-c5ccccc5)[nH]4)cc3)[nH]2)cc1. The molecule has 0 amide bonds. The average molecular weight is 362 g/mol. The number of aromatic amines is 2. The number of benzene rings is 3. The Bertz CT molecular complexity index is 1090. The van der Waals surface area contributed by atoms with Gasteiger partial charge in [-0.05, 0) is 11.1 Å². The lowest BCUT2D eigenvalue weighted by molar-refractivity contribution is 1.31. The Morgan fingerprint density at radius 2 is 0.821 bits per heavy atom. The summed E-state index contributed by atoms with van der Waals surface area (Å²) < 4.78 is 0. The Labute approximate surface area is 163 Å².